The van der Waals surface area contributed by atoms with Gasteiger partial charge in [0, 0.05) is 8.90 Å². The highest BCUT2D eigenvalue weighted by Gasteiger charge is 2.26. The summed E-state index contributed by atoms with van der Waals surface area (Å²) in [4.78, 5) is 0. The van der Waals surface area contributed by atoms with Gasteiger partial charge in [-0.1, -0.05) is 87.1 Å². The lowest BCUT2D eigenvalue weighted by molar-refractivity contribution is -0.0278. The van der Waals surface area contributed by atoms with E-state index in [0.717, 1.165) is 8.90 Å². The molecule has 0 amide bonds. The molecule has 0 bridgehead atoms. The molecule has 0 fully saturated rings. The minimum Gasteiger partial charge on any atom is -0.365 e. The molecule has 0 radical (unpaired) electrons. The van der Waals surface area contributed by atoms with Gasteiger partial charge >= 0.3 is 0 Å². The Bertz CT molecular complexity index is 529. The molecule has 2 aromatic rings. The highest BCUT2D eigenvalue weighted by Crippen LogP contribution is 2.30. The first-order valence-electron chi connectivity index (χ1n) is 6.14. The molecule has 0 saturated heterocycles. The summed E-state index contributed by atoms with van der Waals surface area (Å²) in [5.74, 6) is 0. The molecule has 1 unspecified atom stereocenters. The normalized spacial score (nSPS) is 14.1. The summed E-state index contributed by atoms with van der Waals surface area (Å²) in [6, 6.07) is 18.6. The number of hydrogen-bond donors (Lipinski definition) is 0. The molecule has 0 heterocycles. The third-order valence-electron chi connectivity index (χ3n) is 3.14. The standard InChI is InChI=1S/C16H16BrIO/c1-16(12-18,14-8-3-2-4-9-14)19-11-13-7-5-6-10-15(13)17/h2-10H,11-12H2,1H3. The fourth-order valence-corrected chi connectivity index (χ4v) is 2.90. The summed E-state index contributed by atoms with van der Waals surface area (Å²) in [6.07, 6.45) is 0. The second kappa shape index (κ2) is 6.86. The lowest BCUT2D eigenvalue weighted by Crippen LogP contribution is -2.27. The van der Waals surface area contributed by atoms with Crippen LogP contribution in [0.3, 0.4) is 0 Å². The molecule has 1 atom stereocenters. The molecule has 0 aromatic heterocycles. The van der Waals surface area contributed by atoms with Crippen LogP contribution < -0.4 is 0 Å². The van der Waals surface area contributed by atoms with Gasteiger partial charge in [-0.05, 0) is 24.1 Å². The maximum atomic E-state index is 6.19. The van der Waals surface area contributed by atoms with Crippen LogP contribution in [0.5, 0.6) is 0 Å². The summed E-state index contributed by atoms with van der Waals surface area (Å²) >= 11 is 5.94. The molecule has 0 N–H and O–H groups in total. The Labute approximate surface area is 136 Å². The van der Waals surface area contributed by atoms with Crippen LogP contribution in [0, 0.1) is 0 Å². The molecule has 100 valence electrons. The summed E-state index contributed by atoms with van der Waals surface area (Å²) in [5.41, 5.74) is 2.14. The van der Waals surface area contributed by atoms with E-state index in [4.69, 9.17) is 4.74 Å². The molecule has 2 aromatic carbocycles. The van der Waals surface area contributed by atoms with Crippen LogP contribution in [-0.4, -0.2) is 4.43 Å². The maximum absolute atomic E-state index is 6.19. The molecule has 0 spiro atoms. The van der Waals surface area contributed by atoms with Crippen molar-refractivity contribution in [1.82, 2.24) is 0 Å². The maximum Gasteiger partial charge on any atom is 0.0996 e. The van der Waals surface area contributed by atoms with Crippen molar-refractivity contribution in [3.8, 4) is 0 Å². The van der Waals surface area contributed by atoms with Crippen LogP contribution >= 0.6 is 38.5 Å². The zero-order chi connectivity index (χ0) is 13.7. The van der Waals surface area contributed by atoms with Gasteiger partial charge in [0.25, 0.3) is 0 Å². The van der Waals surface area contributed by atoms with Crippen molar-refractivity contribution in [2.75, 3.05) is 4.43 Å². The summed E-state index contributed by atoms with van der Waals surface area (Å²) in [7, 11) is 0. The van der Waals surface area contributed by atoms with Gasteiger partial charge < -0.3 is 4.74 Å². The Balaban J connectivity index is 2.14. The zero-order valence-electron chi connectivity index (χ0n) is 10.8. The van der Waals surface area contributed by atoms with Crippen LogP contribution in [0.2, 0.25) is 0 Å². The number of rotatable bonds is 5. The second-order valence-corrected chi connectivity index (χ2v) is 6.23. The van der Waals surface area contributed by atoms with Crippen LogP contribution in [0.15, 0.2) is 59.1 Å². The molecule has 0 aliphatic rings. The van der Waals surface area contributed by atoms with Crippen LogP contribution in [-0.2, 0) is 16.9 Å². The zero-order valence-corrected chi connectivity index (χ0v) is 14.5. The largest absolute Gasteiger partial charge is 0.365 e. The SMILES string of the molecule is CC(CI)(OCc1ccccc1Br)c1ccccc1. The highest BCUT2D eigenvalue weighted by atomic mass is 127. The molecule has 1 nitrogen and oxygen atoms in total. The summed E-state index contributed by atoms with van der Waals surface area (Å²) in [5, 5.41) is 0. The van der Waals surface area contributed by atoms with Crippen molar-refractivity contribution in [1.29, 1.82) is 0 Å². The molecule has 0 saturated carbocycles. The van der Waals surface area contributed by atoms with E-state index < -0.39 is 0 Å². The molecule has 3 heteroatoms. The summed E-state index contributed by atoms with van der Waals surface area (Å²) in [6.45, 7) is 2.75. The topological polar surface area (TPSA) is 9.23 Å². The molecule has 2 rings (SSSR count). The molecular formula is C16H16BrIO. The number of halogens is 2. The molecule has 19 heavy (non-hydrogen) atoms. The van der Waals surface area contributed by atoms with Crippen molar-refractivity contribution >= 4 is 38.5 Å². The van der Waals surface area contributed by atoms with Gasteiger partial charge in [-0.15, -0.1) is 0 Å². The fraction of sp³-hybridized carbons (Fsp3) is 0.250. The van der Waals surface area contributed by atoms with E-state index in [2.05, 4.69) is 75.8 Å². The smallest absolute Gasteiger partial charge is 0.0996 e. The van der Waals surface area contributed by atoms with Crippen LogP contribution in [0.25, 0.3) is 0 Å². The monoisotopic (exact) mass is 430 g/mol. The Hall–Kier alpha value is -0.390. The predicted octanol–water partition coefficient (Wildman–Crippen LogP) is 5.32. The molecule has 0 aliphatic carbocycles. The van der Waals surface area contributed by atoms with Crippen molar-refractivity contribution < 1.29 is 4.74 Å². The first-order valence-corrected chi connectivity index (χ1v) is 8.46. The number of alkyl halides is 1. The third kappa shape index (κ3) is 3.80. The van der Waals surface area contributed by atoms with Gasteiger partial charge in [0.05, 0.1) is 12.2 Å². The summed E-state index contributed by atoms with van der Waals surface area (Å²) < 4.78 is 8.21. The van der Waals surface area contributed by atoms with Gasteiger partial charge in [-0.3, -0.25) is 0 Å². The van der Waals surface area contributed by atoms with E-state index in [1.807, 2.05) is 24.3 Å². The fourth-order valence-electron chi connectivity index (χ4n) is 1.84. The number of ether oxygens (including phenoxy) is 1. The van der Waals surface area contributed by atoms with E-state index in [1.165, 1.54) is 11.1 Å². The van der Waals surface area contributed by atoms with Gasteiger partial charge in [-0.25, -0.2) is 0 Å². The Morgan fingerprint density at radius 3 is 2.32 bits per heavy atom. The van der Waals surface area contributed by atoms with E-state index in [9.17, 15) is 0 Å². The minimum atomic E-state index is -0.253. The van der Waals surface area contributed by atoms with Crippen molar-refractivity contribution in [3.63, 3.8) is 0 Å². The quantitative estimate of drug-likeness (QED) is 0.461. The van der Waals surface area contributed by atoms with Crippen molar-refractivity contribution in [3.05, 3.63) is 70.2 Å². The minimum absolute atomic E-state index is 0.253. The first-order chi connectivity index (χ1) is 9.15. The van der Waals surface area contributed by atoms with Gasteiger partial charge in [0.2, 0.25) is 0 Å². The van der Waals surface area contributed by atoms with Gasteiger partial charge in [0.15, 0.2) is 0 Å². The lowest BCUT2D eigenvalue weighted by Gasteiger charge is -2.28. The Morgan fingerprint density at radius 1 is 1.05 bits per heavy atom. The van der Waals surface area contributed by atoms with E-state index in [1.54, 1.807) is 0 Å². The highest BCUT2D eigenvalue weighted by molar-refractivity contribution is 14.1. The Kier molecular flexibility index (Phi) is 5.42. The van der Waals surface area contributed by atoms with Crippen molar-refractivity contribution in [2.45, 2.75) is 19.1 Å². The number of benzene rings is 2. The average Bonchev–Trinajstić information content (AvgIpc) is 2.47. The number of hydrogen-bond acceptors (Lipinski definition) is 1. The first kappa shape index (κ1) is 15.0. The second-order valence-electron chi connectivity index (χ2n) is 4.61. The molecule has 0 aliphatic heterocycles. The average molecular weight is 431 g/mol. The van der Waals surface area contributed by atoms with Crippen molar-refractivity contribution in [2.24, 2.45) is 0 Å². The lowest BCUT2D eigenvalue weighted by atomic mass is 9.98. The van der Waals surface area contributed by atoms with E-state index >= 15 is 0 Å². The van der Waals surface area contributed by atoms with Crippen LogP contribution in [0.4, 0.5) is 0 Å². The predicted molar refractivity (Wildman–Crippen MR) is 91.6 cm³/mol. The van der Waals surface area contributed by atoms with E-state index in [0.29, 0.717) is 6.61 Å². The van der Waals surface area contributed by atoms with E-state index in [-0.39, 0.29) is 5.60 Å². The molecular weight excluding hydrogens is 415 g/mol. The Morgan fingerprint density at radius 2 is 1.68 bits per heavy atom. The third-order valence-corrected chi connectivity index (χ3v) is 5.37. The van der Waals surface area contributed by atoms with Crippen LogP contribution in [0.1, 0.15) is 18.1 Å². The van der Waals surface area contributed by atoms with Gasteiger partial charge in [-0.2, -0.15) is 0 Å². The van der Waals surface area contributed by atoms with Gasteiger partial charge in [0.1, 0.15) is 0 Å².